The Bertz CT molecular complexity index is 2940. The monoisotopic (exact) mass is 693 g/mol. The molecular weight excluding hydrogens is 663 g/mol. The van der Waals surface area contributed by atoms with E-state index in [0.29, 0.717) is 0 Å². The van der Waals surface area contributed by atoms with E-state index in [-0.39, 0.29) is 18.5 Å². The summed E-state index contributed by atoms with van der Waals surface area (Å²) in [6.07, 6.45) is -0.276. The molecule has 6 heteroatoms. The van der Waals surface area contributed by atoms with Gasteiger partial charge in [0.25, 0.3) is 0 Å². The number of hydrogen-bond acceptors (Lipinski definition) is 6. The molecule has 0 spiro atoms. The molecule has 1 aliphatic rings. The number of fused-ring (bicyclic) bond motifs is 9. The maximum absolute atomic E-state index is 6.67. The molecule has 1 aliphatic heterocycles. The number of thiophene rings is 2. The summed E-state index contributed by atoms with van der Waals surface area (Å²) in [6, 6.07) is 54.7. The van der Waals surface area contributed by atoms with Crippen LogP contribution in [-0.4, -0.2) is 0 Å². The Balaban J connectivity index is 0.996. The molecule has 1 saturated heterocycles. The highest BCUT2D eigenvalue weighted by Gasteiger charge is 2.31. The molecule has 3 atom stereocenters. The van der Waals surface area contributed by atoms with Gasteiger partial charge in [0, 0.05) is 51.1 Å². The molecule has 0 amide bonds. The molecule has 11 rings (SSSR count). The van der Waals surface area contributed by atoms with E-state index in [1.165, 1.54) is 62.6 Å². The first-order valence-electron chi connectivity index (χ1n) is 17.4. The van der Waals surface area contributed by atoms with Crippen LogP contribution in [0.1, 0.15) is 35.2 Å². The summed E-state index contributed by atoms with van der Waals surface area (Å²) >= 11 is 3.72. The molecule has 7 aromatic carbocycles. The van der Waals surface area contributed by atoms with Crippen molar-refractivity contribution in [3.05, 3.63) is 168 Å². The molecule has 51 heavy (non-hydrogen) atoms. The second kappa shape index (κ2) is 11.6. The zero-order valence-electron chi connectivity index (χ0n) is 27.4. The number of rotatable bonds is 4. The van der Waals surface area contributed by atoms with Crippen molar-refractivity contribution in [3.63, 3.8) is 0 Å². The van der Waals surface area contributed by atoms with Crippen molar-refractivity contribution < 1.29 is 4.42 Å². The van der Waals surface area contributed by atoms with Gasteiger partial charge >= 0.3 is 0 Å². The highest BCUT2D eigenvalue weighted by molar-refractivity contribution is 7.26. The van der Waals surface area contributed by atoms with E-state index in [2.05, 4.69) is 168 Å². The number of hydrogen-bond donors (Lipinski definition) is 3. The second-order valence-corrected chi connectivity index (χ2v) is 15.5. The molecule has 0 bridgehead atoms. The van der Waals surface area contributed by atoms with Crippen LogP contribution in [0, 0.1) is 0 Å². The zero-order chi connectivity index (χ0) is 33.5. The smallest absolute Gasteiger partial charge is 0.136 e. The fraction of sp³-hybridized carbons (Fsp3) is 0.0667. The average molecular weight is 694 g/mol. The van der Waals surface area contributed by atoms with Crippen LogP contribution < -0.4 is 16.0 Å². The number of furan rings is 1. The first-order chi connectivity index (χ1) is 25.2. The summed E-state index contributed by atoms with van der Waals surface area (Å²) < 4.78 is 11.9. The van der Waals surface area contributed by atoms with Crippen LogP contribution in [0.25, 0.3) is 73.4 Å². The minimum absolute atomic E-state index is 0.0619. The standard InChI is InChI=1S/C45H31N3OS2/c1-2-10-26(11-3-1)43-46-44(48-45(47-43)35-16-9-19-40-41(35)34-13-5-7-18-39(34)50-40)28-21-23-31-30-22-20-27(24-36(30)49-37(31)25-28)29-14-8-15-33-32-12-4-6-17-38(32)51-42(29)33/h1-25,43-48H. The Morgan fingerprint density at radius 1 is 0.431 bits per heavy atom. The SMILES string of the molecule is c1ccc(C2NC(c3ccc4c(c3)oc3cc(-c5cccc6c5sc5ccccc56)ccc34)NC(c3cccc4sc5ccccc5c34)N2)cc1. The average Bonchev–Trinajstić information content (AvgIpc) is 3.88. The van der Waals surface area contributed by atoms with Gasteiger partial charge in [0.05, 0.1) is 18.5 Å². The fourth-order valence-electron chi connectivity index (χ4n) is 8.01. The normalized spacial score (nSPS) is 18.2. The van der Waals surface area contributed by atoms with E-state index in [1.54, 1.807) is 0 Å². The minimum atomic E-state index is -0.125. The molecule has 0 aliphatic carbocycles. The van der Waals surface area contributed by atoms with Crippen molar-refractivity contribution >= 4 is 85.0 Å². The summed E-state index contributed by atoms with van der Waals surface area (Å²) in [7, 11) is 0. The summed E-state index contributed by atoms with van der Waals surface area (Å²) in [6.45, 7) is 0. The summed E-state index contributed by atoms with van der Waals surface area (Å²) in [4.78, 5) is 0. The van der Waals surface area contributed by atoms with Crippen molar-refractivity contribution in [3.8, 4) is 11.1 Å². The third-order valence-electron chi connectivity index (χ3n) is 10.4. The topological polar surface area (TPSA) is 49.2 Å². The van der Waals surface area contributed by atoms with Gasteiger partial charge in [-0.3, -0.25) is 16.0 Å². The first kappa shape index (κ1) is 29.4. The summed E-state index contributed by atoms with van der Waals surface area (Å²) in [5.41, 5.74) is 7.79. The molecule has 4 nitrogen and oxygen atoms in total. The van der Waals surface area contributed by atoms with Crippen LogP contribution in [0.4, 0.5) is 0 Å². The maximum Gasteiger partial charge on any atom is 0.136 e. The third-order valence-corrected chi connectivity index (χ3v) is 12.8. The Kier molecular flexibility index (Phi) is 6.69. The van der Waals surface area contributed by atoms with Crippen molar-refractivity contribution in [2.75, 3.05) is 0 Å². The molecule has 4 heterocycles. The lowest BCUT2D eigenvalue weighted by molar-refractivity contribution is 0.204. The van der Waals surface area contributed by atoms with Crippen molar-refractivity contribution in [2.45, 2.75) is 18.5 Å². The molecule has 3 unspecified atom stereocenters. The highest BCUT2D eigenvalue weighted by Crippen LogP contribution is 2.42. The zero-order valence-corrected chi connectivity index (χ0v) is 29.0. The van der Waals surface area contributed by atoms with E-state index in [4.69, 9.17) is 4.42 Å². The van der Waals surface area contributed by atoms with E-state index in [1.807, 2.05) is 22.7 Å². The molecule has 244 valence electrons. The van der Waals surface area contributed by atoms with Crippen molar-refractivity contribution in [1.82, 2.24) is 16.0 Å². The summed E-state index contributed by atoms with van der Waals surface area (Å²) in [5.74, 6) is 0. The van der Waals surface area contributed by atoms with Crippen molar-refractivity contribution in [1.29, 1.82) is 0 Å². The Hall–Kier alpha value is -5.34. The lowest BCUT2D eigenvalue weighted by Gasteiger charge is -2.40. The van der Waals surface area contributed by atoms with Gasteiger partial charge in [-0.05, 0) is 64.2 Å². The number of benzene rings is 7. The molecule has 3 aromatic heterocycles. The largest absolute Gasteiger partial charge is 0.456 e. The van der Waals surface area contributed by atoms with Gasteiger partial charge in [0.1, 0.15) is 11.2 Å². The fourth-order valence-corrected chi connectivity index (χ4v) is 10.4. The third kappa shape index (κ3) is 4.76. The van der Waals surface area contributed by atoms with Gasteiger partial charge in [-0.1, -0.05) is 115 Å². The van der Waals surface area contributed by atoms with E-state index in [9.17, 15) is 0 Å². The van der Waals surface area contributed by atoms with Gasteiger partial charge in [-0.2, -0.15) is 0 Å². The molecule has 3 N–H and O–H groups in total. The highest BCUT2D eigenvalue weighted by atomic mass is 32.1. The Morgan fingerprint density at radius 3 is 1.94 bits per heavy atom. The predicted octanol–water partition coefficient (Wildman–Crippen LogP) is 12.2. The molecular formula is C45H31N3OS2. The molecule has 10 aromatic rings. The van der Waals surface area contributed by atoms with Crippen LogP contribution in [0.2, 0.25) is 0 Å². The van der Waals surface area contributed by atoms with E-state index >= 15 is 0 Å². The molecule has 0 radical (unpaired) electrons. The number of nitrogens with one attached hydrogen (secondary N) is 3. The summed E-state index contributed by atoms with van der Waals surface area (Å²) in [5, 5.41) is 19.2. The minimum Gasteiger partial charge on any atom is -0.456 e. The molecule has 0 saturated carbocycles. The van der Waals surface area contributed by atoms with Gasteiger partial charge in [0.2, 0.25) is 0 Å². The van der Waals surface area contributed by atoms with Crippen LogP contribution in [0.3, 0.4) is 0 Å². The predicted molar refractivity (Wildman–Crippen MR) is 215 cm³/mol. The van der Waals surface area contributed by atoms with Gasteiger partial charge in [-0.15, -0.1) is 22.7 Å². The van der Waals surface area contributed by atoms with Gasteiger partial charge in [-0.25, -0.2) is 0 Å². The van der Waals surface area contributed by atoms with Crippen LogP contribution >= 0.6 is 22.7 Å². The second-order valence-electron chi connectivity index (χ2n) is 13.4. The van der Waals surface area contributed by atoms with E-state index in [0.717, 1.165) is 27.5 Å². The van der Waals surface area contributed by atoms with Gasteiger partial charge in [0.15, 0.2) is 0 Å². The Morgan fingerprint density at radius 2 is 1.08 bits per heavy atom. The Labute approximate surface area is 302 Å². The van der Waals surface area contributed by atoms with Crippen LogP contribution in [-0.2, 0) is 0 Å². The molecule has 1 fully saturated rings. The van der Waals surface area contributed by atoms with Gasteiger partial charge < -0.3 is 4.42 Å². The lowest BCUT2D eigenvalue weighted by Crippen LogP contribution is -2.54. The van der Waals surface area contributed by atoms with Crippen LogP contribution in [0.5, 0.6) is 0 Å². The van der Waals surface area contributed by atoms with E-state index < -0.39 is 0 Å². The quantitative estimate of drug-likeness (QED) is 0.172. The van der Waals surface area contributed by atoms with Crippen LogP contribution in [0.15, 0.2) is 156 Å². The van der Waals surface area contributed by atoms with Crippen molar-refractivity contribution in [2.24, 2.45) is 0 Å². The lowest BCUT2D eigenvalue weighted by atomic mass is 9.99. The maximum atomic E-state index is 6.67. The first-order valence-corrected chi connectivity index (χ1v) is 19.0.